The van der Waals surface area contributed by atoms with Crippen LogP contribution in [0.3, 0.4) is 0 Å². The van der Waals surface area contributed by atoms with Gasteiger partial charge < -0.3 is 20.1 Å². The Kier molecular flexibility index (Phi) is 4.29. The zero-order valence-corrected chi connectivity index (χ0v) is 14.6. The number of fused-ring (bicyclic) bond motifs is 1. The average molecular weight is 342 g/mol. The quantitative estimate of drug-likeness (QED) is 0.878. The molecule has 0 radical (unpaired) electrons. The van der Waals surface area contributed by atoms with Gasteiger partial charge in [0.1, 0.15) is 17.4 Å². The molecule has 2 N–H and O–H groups in total. The zero-order valence-electron chi connectivity index (χ0n) is 14.6. The summed E-state index contributed by atoms with van der Waals surface area (Å²) in [6.07, 6.45) is -0.0870. The third kappa shape index (κ3) is 3.68. The fraction of sp³-hybridized carbons (Fsp3) is 0.368. The molecule has 0 spiro atoms. The van der Waals surface area contributed by atoms with Gasteiger partial charge in [-0.05, 0) is 50.8 Å². The Morgan fingerprint density at radius 3 is 2.76 bits per heavy atom. The molecule has 6 nitrogen and oxygen atoms in total. The minimum atomic E-state index is -0.613. The van der Waals surface area contributed by atoms with Crippen LogP contribution in [-0.4, -0.2) is 35.3 Å². The van der Waals surface area contributed by atoms with Gasteiger partial charge in [0.25, 0.3) is 0 Å². The van der Waals surface area contributed by atoms with E-state index in [-0.39, 0.29) is 11.7 Å². The molecule has 0 saturated carbocycles. The van der Waals surface area contributed by atoms with Crippen LogP contribution < -0.4 is 10.2 Å². The summed E-state index contributed by atoms with van der Waals surface area (Å²) in [6.45, 7) is 5.82. The summed E-state index contributed by atoms with van der Waals surface area (Å²) in [5, 5.41) is 14.1. The van der Waals surface area contributed by atoms with E-state index in [9.17, 15) is 14.7 Å². The number of ether oxygens (including phenoxy) is 1. The first kappa shape index (κ1) is 17.1. The van der Waals surface area contributed by atoms with Gasteiger partial charge in [-0.2, -0.15) is 0 Å². The van der Waals surface area contributed by atoms with Gasteiger partial charge in [-0.15, -0.1) is 0 Å². The van der Waals surface area contributed by atoms with Gasteiger partial charge in [-0.3, -0.25) is 4.79 Å². The Bertz CT molecular complexity index is 826. The number of hydrogen-bond donors (Lipinski definition) is 2. The molecule has 1 heterocycles. The molecule has 2 aromatic carbocycles. The van der Waals surface area contributed by atoms with E-state index in [0.29, 0.717) is 13.0 Å². The monoisotopic (exact) mass is 342 g/mol. The van der Waals surface area contributed by atoms with Crippen molar-refractivity contribution in [1.29, 1.82) is 0 Å². The Balaban J connectivity index is 1.81. The molecule has 3 rings (SSSR count). The normalized spacial score (nSPS) is 17.8. The highest BCUT2D eigenvalue weighted by Gasteiger charge is 2.35. The smallest absolute Gasteiger partial charge is 0.408 e. The largest absolute Gasteiger partial charge is 0.508 e. The van der Waals surface area contributed by atoms with Crippen molar-refractivity contribution in [1.82, 2.24) is 5.32 Å². The molecule has 1 fully saturated rings. The minimum Gasteiger partial charge on any atom is -0.508 e. The molecule has 6 heteroatoms. The highest BCUT2D eigenvalue weighted by atomic mass is 16.6. The summed E-state index contributed by atoms with van der Waals surface area (Å²) in [5.74, 6) is -0.0308. The lowest BCUT2D eigenvalue weighted by atomic mass is 10.1. The first-order valence-electron chi connectivity index (χ1n) is 8.27. The lowest BCUT2D eigenvalue weighted by Gasteiger charge is -2.22. The van der Waals surface area contributed by atoms with Crippen LogP contribution >= 0.6 is 0 Å². The summed E-state index contributed by atoms with van der Waals surface area (Å²) in [5.41, 5.74) is 0.116. The van der Waals surface area contributed by atoms with Gasteiger partial charge >= 0.3 is 6.09 Å². The van der Waals surface area contributed by atoms with Crippen molar-refractivity contribution in [3.8, 4) is 5.75 Å². The maximum absolute atomic E-state index is 12.7. The van der Waals surface area contributed by atoms with Gasteiger partial charge in [-0.1, -0.05) is 18.2 Å². The average Bonchev–Trinajstić information content (AvgIpc) is 2.85. The van der Waals surface area contributed by atoms with E-state index in [1.165, 1.54) is 0 Å². The van der Waals surface area contributed by atoms with E-state index in [1.54, 1.807) is 37.8 Å². The van der Waals surface area contributed by atoms with E-state index in [1.807, 2.05) is 24.3 Å². The van der Waals surface area contributed by atoms with Crippen molar-refractivity contribution < 1.29 is 19.4 Å². The summed E-state index contributed by atoms with van der Waals surface area (Å²) in [4.78, 5) is 26.3. The molecule has 1 atom stereocenters. The molecule has 132 valence electrons. The Hall–Kier alpha value is -2.76. The van der Waals surface area contributed by atoms with Crippen LogP contribution in [0.1, 0.15) is 27.2 Å². The molecule has 25 heavy (non-hydrogen) atoms. The van der Waals surface area contributed by atoms with E-state index >= 15 is 0 Å². The van der Waals surface area contributed by atoms with Crippen LogP contribution in [0.25, 0.3) is 10.8 Å². The number of phenols is 1. The van der Waals surface area contributed by atoms with E-state index < -0.39 is 17.7 Å². The van der Waals surface area contributed by atoms with E-state index in [0.717, 1.165) is 16.5 Å². The number of hydrogen-bond acceptors (Lipinski definition) is 4. The van der Waals surface area contributed by atoms with Gasteiger partial charge in [0.2, 0.25) is 5.91 Å². The molecule has 2 amide bonds. The van der Waals surface area contributed by atoms with Crippen molar-refractivity contribution in [2.45, 2.75) is 38.8 Å². The number of anilines is 1. The maximum atomic E-state index is 12.7. The SMILES string of the molecule is CC(C)(C)OC(=O)N[C@@H]1CCN(c2cccc3ccc(O)cc23)C1=O. The van der Waals surface area contributed by atoms with Crippen molar-refractivity contribution in [3.05, 3.63) is 36.4 Å². The van der Waals surface area contributed by atoms with Crippen LogP contribution in [0.5, 0.6) is 5.75 Å². The van der Waals surface area contributed by atoms with Crippen molar-refractivity contribution in [3.63, 3.8) is 0 Å². The topological polar surface area (TPSA) is 78.9 Å². The molecule has 0 bridgehead atoms. The van der Waals surface area contributed by atoms with Crippen LogP contribution in [0, 0.1) is 0 Å². The summed E-state index contributed by atoms with van der Waals surface area (Å²) >= 11 is 0. The van der Waals surface area contributed by atoms with E-state index in [4.69, 9.17) is 4.74 Å². The molecular weight excluding hydrogens is 320 g/mol. The number of nitrogens with one attached hydrogen (secondary N) is 1. The lowest BCUT2D eigenvalue weighted by molar-refractivity contribution is -0.118. The zero-order chi connectivity index (χ0) is 18.2. The molecule has 0 aromatic heterocycles. The fourth-order valence-electron chi connectivity index (χ4n) is 2.98. The predicted octanol–water partition coefficient (Wildman–Crippen LogP) is 3.18. The Morgan fingerprint density at radius 1 is 1.28 bits per heavy atom. The molecular formula is C19H22N2O4. The van der Waals surface area contributed by atoms with Crippen molar-refractivity contribution >= 4 is 28.5 Å². The van der Waals surface area contributed by atoms with Crippen molar-refractivity contribution in [2.75, 3.05) is 11.4 Å². The van der Waals surface area contributed by atoms with E-state index in [2.05, 4.69) is 5.32 Å². The first-order chi connectivity index (χ1) is 11.7. The number of carbonyl (C=O) groups excluding carboxylic acids is 2. The highest BCUT2D eigenvalue weighted by Crippen LogP contribution is 2.32. The number of phenolic OH excluding ortho intramolecular Hbond substituents is 1. The predicted molar refractivity (Wildman–Crippen MR) is 95.7 cm³/mol. The van der Waals surface area contributed by atoms with Gasteiger partial charge in [0, 0.05) is 11.9 Å². The van der Waals surface area contributed by atoms with Gasteiger partial charge in [0.15, 0.2) is 0 Å². The molecule has 1 saturated heterocycles. The second-order valence-electron chi connectivity index (χ2n) is 7.16. The molecule has 2 aromatic rings. The Labute approximate surface area is 146 Å². The molecule has 0 aliphatic carbocycles. The van der Waals surface area contributed by atoms with Crippen LogP contribution in [0.4, 0.5) is 10.5 Å². The molecule has 1 aliphatic rings. The number of rotatable bonds is 2. The summed E-state index contributed by atoms with van der Waals surface area (Å²) < 4.78 is 5.22. The standard InChI is InChI=1S/C19H22N2O4/c1-19(2,3)25-18(24)20-15-9-10-21(17(15)23)16-6-4-5-12-7-8-13(22)11-14(12)16/h4-8,11,15,22H,9-10H2,1-3H3,(H,20,24)/t15-/m1/s1. The van der Waals surface area contributed by atoms with Crippen LogP contribution in [0.2, 0.25) is 0 Å². The highest BCUT2D eigenvalue weighted by molar-refractivity contribution is 6.07. The number of alkyl carbamates (subject to hydrolysis) is 1. The third-order valence-corrected chi connectivity index (χ3v) is 4.03. The molecule has 1 aliphatic heterocycles. The maximum Gasteiger partial charge on any atom is 0.408 e. The second kappa shape index (κ2) is 6.27. The number of benzene rings is 2. The first-order valence-corrected chi connectivity index (χ1v) is 8.27. The fourth-order valence-corrected chi connectivity index (χ4v) is 2.98. The van der Waals surface area contributed by atoms with Crippen LogP contribution in [0.15, 0.2) is 36.4 Å². The van der Waals surface area contributed by atoms with Gasteiger partial charge in [0.05, 0.1) is 5.69 Å². The number of amides is 2. The lowest BCUT2D eigenvalue weighted by Crippen LogP contribution is -2.43. The van der Waals surface area contributed by atoms with Crippen LogP contribution in [-0.2, 0) is 9.53 Å². The molecule has 0 unspecified atom stereocenters. The third-order valence-electron chi connectivity index (χ3n) is 4.03. The summed E-state index contributed by atoms with van der Waals surface area (Å²) in [6, 6.07) is 10.1. The number of nitrogens with zero attached hydrogens (tertiary/aromatic N) is 1. The Morgan fingerprint density at radius 2 is 2.04 bits per heavy atom. The minimum absolute atomic E-state index is 0.148. The summed E-state index contributed by atoms with van der Waals surface area (Å²) in [7, 11) is 0. The number of aromatic hydroxyl groups is 1. The van der Waals surface area contributed by atoms with Crippen molar-refractivity contribution in [2.24, 2.45) is 0 Å². The number of carbonyl (C=O) groups is 2. The van der Waals surface area contributed by atoms with Gasteiger partial charge in [-0.25, -0.2) is 4.79 Å². The second-order valence-corrected chi connectivity index (χ2v) is 7.16.